The average molecular weight is 267 g/mol. The van der Waals surface area contributed by atoms with Gasteiger partial charge in [-0.15, -0.1) is 0 Å². The summed E-state index contributed by atoms with van der Waals surface area (Å²) < 4.78 is 0. The molecule has 1 heteroatoms. The predicted octanol–water partition coefficient (Wildman–Crippen LogP) is 5.00. The summed E-state index contributed by atoms with van der Waals surface area (Å²) in [5, 5.41) is 0. The molecule has 0 bridgehead atoms. The third kappa shape index (κ3) is 1.75. The fourth-order valence-electron chi connectivity index (χ4n) is 2.43. The lowest BCUT2D eigenvalue weighted by Gasteiger charge is -2.12. The molecule has 0 fully saturated rings. The van der Waals surface area contributed by atoms with Gasteiger partial charge in [-0.05, 0) is 34.4 Å². The van der Waals surface area contributed by atoms with Crippen molar-refractivity contribution in [2.24, 2.45) is 5.92 Å². The van der Waals surface area contributed by atoms with Crippen molar-refractivity contribution in [1.29, 1.82) is 0 Å². The van der Waals surface area contributed by atoms with Gasteiger partial charge in [-0.25, -0.2) is 0 Å². The van der Waals surface area contributed by atoms with Crippen LogP contribution >= 0.6 is 15.9 Å². The molecular weight excluding hydrogens is 248 g/mol. The van der Waals surface area contributed by atoms with Crippen LogP contribution in [0.1, 0.15) is 61.0 Å². The van der Waals surface area contributed by atoms with E-state index in [1.165, 1.54) is 16.7 Å². The van der Waals surface area contributed by atoms with Crippen LogP contribution in [-0.2, 0) is 0 Å². The molecule has 0 radical (unpaired) electrons. The van der Waals surface area contributed by atoms with E-state index >= 15 is 0 Å². The summed E-state index contributed by atoms with van der Waals surface area (Å²) in [5.74, 6) is 2.02. The van der Waals surface area contributed by atoms with E-state index < -0.39 is 0 Å². The molecule has 0 saturated carbocycles. The molecule has 1 aromatic rings. The van der Waals surface area contributed by atoms with Gasteiger partial charge < -0.3 is 0 Å². The van der Waals surface area contributed by atoms with E-state index in [1.54, 1.807) is 0 Å². The van der Waals surface area contributed by atoms with Gasteiger partial charge >= 0.3 is 0 Å². The molecule has 0 amide bonds. The molecule has 1 aliphatic rings. The van der Waals surface area contributed by atoms with Crippen LogP contribution in [0.4, 0.5) is 0 Å². The maximum absolute atomic E-state index is 3.83. The van der Waals surface area contributed by atoms with Crippen LogP contribution in [-0.4, -0.2) is 0 Å². The second kappa shape index (κ2) is 3.93. The van der Waals surface area contributed by atoms with Crippen molar-refractivity contribution in [1.82, 2.24) is 0 Å². The molecule has 15 heavy (non-hydrogen) atoms. The summed E-state index contributed by atoms with van der Waals surface area (Å²) in [7, 11) is 0. The lowest BCUT2D eigenvalue weighted by atomic mass is 9.95. The number of rotatable bonds is 1. The van der Waals surface area contributed by atoms with E-state index in [-0.39, 0.29) is 0 Å². The van der Waals surface area contributed by atoms with Crippen molar-refractivity contribution in [3.63, 3.8) is 0 Å². The molecule has 0 spiro atoms. The largest absolute Gasteiger partial charge is 0.0836 e. The minimum atomic E-state index is 0.543. The van der Waals surface area contributed by atoms with Crippen molar-refractivity contribution < 1.29 is 0 Å². The van der Waals surface area contributed by atoms with Gasteiger partial charge in [-0.1, -0.05) is 61.8 Å². The topological polar surface area (TPSA) is 0 Å². The first kappa shape index (κ1) is 11.2. The Morgan fingerprint density at radius 2 is 1.80 bits per heavy atom. The molecule has 0 aliphatic heterocycles. The van der Waals surface area contributed by atoms with Crippen LogP contribution in [0.15, 0.2) is 18.2 Å². The normalized spacial score (nSPS) is 29.6. The highest BCUT2D eigenvalue weighted by Crippen LogP contribution is 2.49. The Labute approximate surface area is 101 Å². The Bertz CT molecular complexity index is 368. The van der Waals surface area contributed by atoms with Crippen molar-refractivity contribution in [2.75, 3.05) is 0 Å². The van der Waals surface area contributed by atoms with Crippen molar-refractivity contribution in [3.05, 3.63) is 34.9 Å². The van der Waals surface area contributed by atoms with E-state index in [4.69, 9.17) is 0 Å². The summed E-state index contributed by atoms with van der Waals surface area (Å²) >= 11 is 3.83. The van der Waals surface area contributed by atoms with Crippen LogP contribution < -0.4 is 0 Å². The Balaban J connectivity index is 2.47. The first-order valence-corrected chi connectivity index (χ1v) is 6.71. The summed E-state index contributed by atoms with van der Waals surface area (Å²) in [6.45, 7) is 9.18. The number of hydrogen-bond donors (Lipinski definition) is 0. The second-order valence-corrected chi connectivity index (χ2v) is 6.08. The average Bonchev–Trinajstić information content (AvgIpc) is 2.44. The fourth-order valence-corrected chi connectivity index (χ4v) is 3.28. The van der Waals surface area contributed by atoms with Crippen molar-refractivity contribution >= 4 is 15.9 Å². The Kier molecular flexibility index (Phi) is 2.94. The minimum Gasteiger partial charge on any atom is -0.0836 e. The SMILES string of the molecule is CC(C)c1ccc2c(c1)C(Br)C(C)C2C. The Morgan fingerprint density at radius 3 is 2.40 bits per heavy atom. The summed E-state index contributed by atoms with van der Waals surface area (Å²) in [4.78, 5) is 0.543. The molecule has 0 N–H and O–H groups in total. The maximum atomic E-state index is 3.83. The molecule has 0 nitrogen and oxygen atoms in total. The molecule has 2 rings (SSSR count). The van der Waals surface area contributed by atoms with Gasteiger partial charge in [0.05, 0.1) is 0 Å². The van der Waals surface area contributed by atoms with Gasteiger partial charge in [0.2, 0.25) is 0 Å². The summed E-state index contributed by atoms with van der Waals surface area (Å²) in [6.07, 6.45) is 0. The van der Waals surface area contributed by atoms with Crippen LogP contribution in [0.25, 0.3) is 0 Å². The first-order valence-electron chi connectivity index (χ1n) is 5.80. The van der Waals surface area contributed by atoms with Gasteiger partial charge in [-0.3, -0.25) is 0 Å². The zero-order valence-corrected chi connectivity index (χ0v) is 11.5. The highest BCUT2D eigenvalue weighted by atomic mass is 79.9. The summed E-state index contributed by atoms with van der Waals surface area (Å²) in [5.41, 5.74) is 4.51. The van der Waals surface area contributed by atoms with Crippen LogP contribution in [0.3, 0.4) is 0 Å². The Hall–Kier alpha value is -0.300. The highest BCUT2D eigenvalue weighted by Gasteiger charge is 2.33. The lowest BCUT2D eigenvalue weighted by Crippen LogP contribution is -1.99. The van der Waals surface area contributed by atoms with E-state index in [0.717, 1.165) is 0 Å². The van der Waals surface area contributed by atoms with Crippen molar-refractivity contribution in [3.8, 4) is 0 Å². The Morgan fingerprint density at radius 1 is 1.13 bits per heavy atom. The van der Waals surface area contributed by atoms with Crippen LogP contribution in [0.2, 0.25) is 0 Å². The van der Waals surface area contributed by atoms with Gasteiger partial charge in [-0.2, -0.15) is 0 Å². The monoisotopic (exact) mass is 266 g/mol. The fraction of sp³-hybridized carbons (Fsp3) is 0.571. The van der Waals surface area contributed by atoms with Gasteiger partial charge in [0.1, 0.15) is 0 Å². The van der Waals surface area contributed by atoms with Crippen molar-refractivity contribution in [2.45, 2.75) is 44.4 Å². The van der Waals surface area contributed by atoms with Gasteiger partial charge in [0, 0.05) is 4.83 Å². The molecule has 1 aliphatic carbocycles. The van der Waals surface area contributed by atoms with E-state index in [2.05, 4.69) is 61.8 Å². The number of halogens is 1. The maximum Gasteiger partial charge on any atom is 0.0429 e. The molecule has 0 aromatic heterocycles. The molecule has 3 atom stereocenters. The first-order chi connectivity index (χ1) is 7.02. The number of benzene rings is 1. The lowest BCUT2D eigenvalue weighted by molar-refractivity contribution is 0.528. The van der Waals surface area contributed by atoms with E-state index in [1.807, 2.05) is 0 Å². The zero-order chi connectivity index (χ0) is 11.2. The molecule has 3 unspecified atom stereocenters. The minimum absolute atomic E-state index is 0.543. The van der Waals surface area contributed by atoms with Gasteiger partial charge in [0.25, 0.3) is 0 Å². The third-order valence-electron chi connectivity index (χ3n) is 3.82. The molecule has 0 saturated heterocycles. The second-order valence-electron chi connectivity index (χ2n) is 5.09. The zero-order valence-electron chi connectivity index (χ0n) is 9.92. The molecular formula is C14H19Br. The number of fused-ring (bicyclic) bond motifs is 1. The number of hydrogen-bond acceptors (Lipinski definition) is 0. The van der Waals surface area contributed by atoms with E-state index in [9.17, 15) is 0 Å². The van der Waals surface area contributed by atoms with Crippen LogP contribution in [0.5, 0.6) is 0 Å². The summed E-state index contributed by atoms with van der Waals surface area (Å²) in [6, 6.07) is 7.00. The standard InChI is InChI=1S/C14H19Br/c1-8(2)11-5-6-12-9(3)10(4)14(15)13(12)7-11/h5-10,14H,1-4H3. The third-order valence-corrected chi connectivity index (χ3v) is 5.14. The molecule has 0 heterocycles. The van der Waals surface area contributed by atoms with E-state index in [0.29, 0.717) is 22.6 Å². The predicted molar refractivity (Wildman–Crippen MR) is 69.8 cm³/mol. The molecule has 1 aromatic carbocycles. The van der Waals surface area contributed by atoms with Crippen LogP contribution in [0, 0.1) is 5.92 Å². The quantitative estimate of drug-likeness (QED) is 0.628. The smallest absolute Gasteiger partial charge is 0.0429 e. The van der Waals surface area contributed by atoms with Gasteiger partial charge in [0.15, 0.2) is 0 Å². The molecule has 82 valence electrons. The number of alkyl halides is 1. The highest BCUT2D eigenvalue weighted by molar-refractivity contribution is 9.09.